The molecule has 0 unspecified atom stereocenters. The van der Waals surface area contributed by atoms with Crippen LogP contribution in [0.15, 0.2) is 182 Å². The predicted octanol–water partition coefficient (Wildman–Crippen LogP) is 11.2. The molecule has 0 aliphatic carbocycles. The highest BCUT2D eigenvalue weighted by molar-refractivity contribution is 6.09. The third-order valence-corrected chi connectivity index (χ3v) is 9.71. The van der Waals surface area contributed by atoms with Crippen LogP contribution in [-0.2, 0) is 0 Å². The maximum Gasteiger partial charge on any atom is 0.164 e. The molecule has 6 heteroatoms. The monoisotopic (exact) mass is 678 g/mol. The average molecular weight is 679 g/mol. The number of pyridine rings is 1. The maximum atomic E-state index is 4.97. The summed E-state index contributed by atoms with van der Waals surface area (Å²) < 4.78 is 2.20. The highest BCUT2D eigenvalue weighted by Crippen LogP contribution is 2.34. The molecule has 248 valence electrons. The Morgan fingerprint density at radius 2 is 0.925 bits per heavy atom. The van der Waals surface area contributed by atoms with E-state index in [0.717, 1.165) is 56.1 Å². The lowest BCUT2D eigenvalue weighted by Gasteiger charge is -2.12. The first-order valence-electron chi connectivity index (χ1n) is 17.6. The zero-order chi connectivity index (χ0) is 35.1. The molecule has 53 heavy (non-hydrogen) atoms. The molecule has 0 saturated heterocycles. The Kier molecular flexibility index (Phi) is 7.36. The summed E-state index contributed by atoms with van der Waals surface area (Å²) in [5.41, 5.74) is 8.99. The Hall–Kier alpha value is -7.31. The van der Waals surface area contributed by atoms with Crippen molar-refractivity contribution in [3.8, 4) is 62.5 Å². The van der Waals surface area contributed by atoms with Gasteiger partial charge in [-0.1, -0.05) is 133 Å². The Bertz CT molecular complexity index is 2860. The fourth-order valence-corrected chi connectivity index (χ4v) is 7.08. The second kappa shape index (κ2) is 12.8. The Morgan fingerprint density at radius 3 is 1.58 bits per heavy atom. The van der Waals surface area contributed by atoms with Gasteiger partial charge in [0.2, 0.25) is 0 Å². The van der Waals surface area contributed by atoms with Crippen LogP contribution in [0, 0.1) is 0 Å². The van der Waals surface area contributed by atoms with Crippen molar-refractivity contribution in [1.29, 1.82) is 0 Å². The standard InChI is InChI=1S/C47H30N6/c1-3-11-32(12-4-1)44-50-45(33-13-5-2-6-14-33)52-46(51-44)34-20-18-31(19-21-34)35-24-26-39-36(29-35)22-23-37-30-38(25-27-40(37)39)53-43-17-8-7-15-41(43)49-47(53)42-16-9-10-28-48-42/h1-30H. The van der Waals surface area contributed by atoms with Crippen molar-refractivity contribution in [2.45, 2.75) is 0 Å². The van der Waals surface area contributed by atoms with Crippen LogP contribution in [0.4, 0.5) is 0 Å². The molecule has 10 rings (SSSR count). The fourth-order valence-electron chi connectivity index (χ4n) is 7.08. The number of benzene rings is 7. The van der Waals surface area contributed by atoms with Crippen LogP contribution < -0.4 is 0 Å². The van der Waals surface area contributed by atoms with Crippen molar-refractivity contribution in [2.75, 3.05) is 0 Å². The van der Waals surface area contributed by atoms with E-state index < -0.39 is 0 Å². The molecule has 0 saturated carbocycles. The van der Waals surface area contributed by atoms with Gasteiger partial charge in [-0.2, -0.15) is 0 Å². The minimum Gasteiger partial charge on any atom is -0.291 e. The lowest BCUT2D eigenvalue weighted by atomic mass is 9.96. The van der Waals surface area contributed by atoms with Crippen LogP contribution in [0.1, 0.15) is 0 Å². The third kappa shape index (κ3) is 5.59. The zero-order valence-electron chi connectivity index (χ0n) is 28.5. The molecule has 0 bridgehead atoms. The van der Waals surface area contributed by atoms with Crippen LogP contribution in [0.2, 0.25) is 0 Å². The van der Waals surface area contributed by atoms with Gasteiger partial charge < -0.3 is 0 Å². The summed E-state index contributed by atoms with van der Waals surface area (Å²) in [6, 6.07) is 60.6. The highest BCUT2D eigenvalue weighted by Gasteiger charge is 2.16. The van der Waals surface area contributed by atoms with E-state index in [1.54, 1.807) is 0 Å². The lowest BCUT2D eigenvalue weighted by Crippen LogP contribution is -2.00. The Labute approximate surface area is 305 Å². The minimum absolute atomic E-state index is 0.643. The van der Waals surface area contributed by atoms with Gasteiger partial charge in [-0.15, -0.1) is 0 Å². The number of hydrogen-bond acceptors (Lipinski definition) is 5. The first kappa shape index (κ1) is 30.5. The molecule has 0 N–H and O–H groups in total. The SMILES string of the molecule is c1ccc(-c2nc(-c3ccccc3)nc(-c3ccc(-c4ccc5c(ccc6cc(-n7c(-c8ccccn8)nc8ccccc87)ccc65)c4)cc3)n2)cc1. The molecular formula is C47H30N6. The molecule has 10 aromatic rings. The molecule has 3 heterocycles. The molecule has 0 aliphatic rings. The maximum absolute atomic E-state index is 4.97. The van der Waals surface area contributed by atoms with Gasteiger partial charge in [-0.3, -0.25) is 9.55 Å². The number of nitrogens with zero attached hydrogens (tertiary/aromatic N) is 6. The van der Waals surface area contributed by atoms with Crippen LogP contribution in [0.3, 0.4) is 0 Å². The minimum atomic E-state index is 0.643. The summed E-state index contributed by atoms with van der Waals surface area (Å²) >= 11 is 0. The summed E-state index contributed by atoms with van der Waals surface area (Å²) in [4.78, 5) is 24.2. The predicted molar refractivity (Wildman–Crippen MR) is 214 cm³/mol. The van der Waals surface area contributed by atoms with Crippen LogP contribution >= 0.6 is 0 Å². The normalized spacial score (nSPS) is 11.4. The number of imidazole rings is 1. The highest BCUT2D eigenvalue weighted by atomic mass is 15.1. The second-order valence-corrected chi connectivity index (χ2v) is 13.0. The molecule has 0 aliphatic heterocycles. The van der Waals surface area contributed by atoms with Gasteiger partial charge in [0.25, 0.3) is 0 Å². The van der Waals surface area contributed by atoms with Gasteiger partial charge in [0.05, 0.1) is 11.0 Å². The summed E-state index contributed by atoms with van der Waals surface area (Å²) in [5.74, 6) is 2.77. The smallest absolute Gasteiger partial charge is 0.164 e. The van der Waals surface area contributed by atoms with Crippen LogP contribution in [-0.4, -0.2) is 29.5 Å². The number of aromatic nitrogens is 6. The topological polar surface area (TPSA) is 69.4 Å². The van der Waals surface area contributed by atoms with E-state index in [2.05, 4.69) is 101 Å². The molecule has 0 atom stereocenters. The van der Waals surface area contributed by atoms with Gasteiger partial charge in [0.15, 0.2) is 23.3 Å². The number of para-hydroxylation sites is 2. The molecule has 0 fully saturated rings. The number of rotatable bonds is 6. The van der Waals surface area contributed by atoms with E-state index in [1.165, 1.54) is 21.5 Å². The Morgan fingerprint density at radius 1 is 0.377 bits per heavy atom. The Balaban J connectivity index is 0.996. The van der Waals surface area contributed by atoms with Crippen LogP contribution in [0.5, 0.6) is 0 Å². The number of fused-ring (bicyclic) bond motifs is 4. The quantitative estimate of drug-likeness (QED) is 0.164. The van der Waals surface area contributed by atoms with Gasteiger partial charge >= 0.3 is 0 Å². The zero-order valence-corrected chi connectivity index (χ0v) is 28.5. The van der Waals surface area contributed by atoms with Crippen molar-refractivity contribution in [3.63, 3.8) is 0 Å². The van der Waals surface area contributed by atoms with E-state index in [9.17, 15) is 0 Å². The van der Waals surface area contributed by atoms with Crippen molar-refractivity contribution < 1.29 is 0 Å². The van der Waals surface area contributed by atoms with E-state index in [-0.39, 0.29) is 0 Å². The first-order valence-corrected chi connectivity index (χ1v) is 17.6. The molecule has 0 spiro atoms. The fraction of sp³-hybridized carbons (Fsp3) is 0. The molecule has 0 radical (unpaired) electrons. The van der Waals surface area contributed by atoms with Crippen LogP contribution in [0.25, 0.3) is 95.1 Å². The first-order chi connectivity index (χ1) is 26.2. The van der Waals surface area contributed by atoms with Gasteiger partial charge in [0.1, 0.15) is 5.69 Å². The molecule has 0 amide bonds. The van der Waals surface area contributed by atoms with Gasteiger partial charge in [0, 0.05) is 28.6 Å². The largest absolute Gasteiger partial charge is 0.291 e. The lowest BCUT2D eigenvalue weighted by molar-refractivity contribution is 1.07. The van der Waals surface area contributed by atoms with E-state index in [1.807, 2.05) is 91.1 Å². The van der Waals surface area contributed by atoms with Gasteiger partial charge in [-0.25, -0.2) is 19.9 Å². The number of hydrogen-bond donors (Lipinski definition) is 0. The average Bonchev–Trinajstić information content (AvgIpc) is 3.64. The third-order valence-electron chi connectivity index (χ3n) is 9.71. The summed E-state index contributed by atoms with van der Waals surface area (Å²) in [6.07, 6.45) is 1.81. The van der Waals surface area contributed by atoms with Crippen molar-refractivity contribution in [2.24, 2.45) is 0 Å². The molecular weight excluding hydrogens is 649 g/mol. The van der Waals surface area contributed by atoms with E-state index >= 15 is 0 Å². The van der Waals surface area contributed by atoms with E-state index in [4.69, 9.17) is 19.9 Å². The van der Waals surface area contributed by atoms with Gasteiger partial charge in [-0.05, 0) is 75.1 Å². The summed E-state index contributed by atoms with van der Waals surface area (Å²) in [7, 11) is 0. The molecule has 6 nitrogen and oxygen atoms in total. The van der Waals surface area contributed by atoms with Crippen molar-refractivity contribution in [3.05, 3.63) is 182 Å². The van der Waals surface area contributed by atoms with Crippen molar-refractivity contribution >= 4 is 32.6 Å². The van der Waals surface area contributed by atoms with E-state index in [0.29, 0.717) is 17.5 Å². The molecule has 7 aromatic carbocycles. The second-order valence-electron chi connectivity index (χ2n) is 13.0. The summed E-state index contributed by atoms with van der Waals surface area (Å²) in [6.45, 7) is 0. The molecule has 3 aromatic heterocycles. The summed E-state index contributed by atoms with van der Waals surface area (Å²) in [5, 5.41) is 4.77. The van der Waals surface area contributed by atoms with Crippen molar-refractivity contribution in [1.82, 2.24) is 29.5 Å².